The van der Waals surface area contributed by atoms with Crippen molar-refractivity contribution in [2.24, 2.45) is 0 Å². The summed E-state index contributed by atoms with van der Waals surface area (Å²) in [4.78, 5) is 22.4. The molecule has 1 aromatic carbocycles. The zero-order valence-electron chi connectivity index (χ0n) is 10.9. The molecule has 0 unspecified atom stereocenters. The van der Waals surface area contributed by atoms with Gasteiger partial charge in [-0.2, -0.15) is 0 Å². The van der Waals surface area contributed by atoms with Gasteiger partial charge >= 0.3 is 0 Å². The molecular weight excluding hydrogens is 314 g/mol. The number of aromatic nitrogens is 2. The maximum atomic E-state index is 12.0. The Bertz CT molecular complexity index is 659. The minimum absolute atomic E-state index is 0.210. The van der Waals surface area contributed by atoms with Gasteiger partial charge in [-0.15, -0.1) is 10.2 Å². The Morgan fingerprint density at radius 1 is 1.43 bits per heavy atom. The Morgan fingerprint density at radius 3 is 2.95 bits per heavy atom. The van der Waals surface area contributed by atoms with E-state index in [9.17, 15) is 14.7 Å². The van der Waals surface area contributed by atoms with Crippen molar-refractivity contribution in [3.05, 3.63) is 29.8 Å². The zero-order chi connectivity index (χ0) is 15.2. The van der Waals surface area contributed by atoms with E-state index < -0.39 is 5.97 Å². The molecule has 0 aliphatic carbocycles. The van der Waals surface area contributed by atoms with Crippen LogP contribution in [0.15, 0.2) is 28.6 Å². The Balaban J connectivity index is 2.00. The summed E-state index contributed by atoms with van der Waals surface area (Å²) in [6, 6.07) is 6.68. The number of nitrogens with one attached hydrogen (secondary N) is 1. The molecule has 1 aromatic heterocycles. The molecular formula is C12H10N3O4S2-. The highest BCUT2D eigenvalue weighted by atomic mass is 32.2. The first-order valence-corrected chi connectivity index (χ1v) is 7.50. The van der Waals surface area contributed by atoms with Gasteiger partial charge in [-0.05, 0) is 18.2 Å². The first-order chi connectivity index (χ1) is 10.1. The highest BCUT2D eigenvalue weighted by Crippen LogP contribution is 2.25. The van der Waals surface area contributed by atoms with Crippen LogP contribution < -0.4 is 15.2 Å². The van der Waals surface area contributed by atoms with Gasteiger partial charge in [-0.3, -0.25) is 10.1 Å². The summed E-state index contributed by atoms with van der Waals surface area (Å²) in [5.41, 5.74) is 0.425. The predicted octanol–water partition coefficient (Wildman–Crippen LogP) is 0.641. The molecule has 0 aliphatic rings. The van der Waals surface area contributed by atoms with E-state index in [1.807, 2.05) is 0 Å². The molecule has 0 bridgehead atoms. The third-order valence-electron chi connectivity index (χ3n) is 2.27. The summed E-state index contributed by atoms with van der Waals surface area (Å²) in [5, 5.41) is 20.8. The molecule has 2 rings (SSSR count). The summed E-state index contributed by atoms with van der Waals surface area (Å²) in [6.45, 7) is 0. The monoisotopic (exact) mass is 324 g/mol. The Kier molecular flexibility index (Phi) is 5.12. The van der Waals surface area contributed by atoms with Gasteiger partial charge in [-0.1, -0.05) is 29.2 Å². The predicted molar refractivity (Wildman–Crippen MR) is 76.6 cm³/mol. The fourth-order valence-electron chi connectivity index (χ4n) is 1.37. The zero-order valence-corrected chi connectivity index (χ0v) is 12.5. The van der Waals surface area contributed by atoms with Crippen LogP contribution in [0.5, 0.6) is 5.75 Å². The lowest BCUT2D eigenvalue weighted by Crippen LogP contribution is -2.24. The molecule has 0 spiro atoms. The molecule has 0 fully saturated rings. The second-order valence-electron chi connectivity index (χ2n) is 3.72. The summed E-state index contributed by atoms with van der Waals surface area (Å²) >= 11 is 2.08. The van der Waals surface area contributed by atoms with Crippen molar-refractivity contribution >= 4 is 40.1 Å². The van der Waals surface area contributed by atoms with Gasteiger partial charge in [0.05, 0.1) is 13.1 Å². The molecule has 1 N–H and O–H groups in total. The SMILES string of the molecule is COc1cccc(C(=O)Nc2nnc(SCC(=O)[O-])s2)c1. The Labute approximate surface area is 128 Å². The van der Waals surface area contributed by atoms with Crippen LogP contribution >= 0.6 is 23.1 Å². The summed E-state index contributed by atoms with van der Waals surface area (Å²) < 4.78 is 5.49. The van der Waals surface area contributed by atoms with E-state index in [0.717, 1.165) is 23.1 Å². The van der Waals surface area contributed by atoms with Crippen molar-refractivity contribution in [1.29, 1.82) is 0 Å². The number of aliphatic carboxylic acids is 1. The largest absolute Gasteiger partial charge is 0.549 e. The first-order valence-electron chi connectivity index (χ1n) is 5.70. The third-order valence-corrected chi connectivity index (χ3v) is 4.22. The molecule has 0 saturated heterocycles. The quantitative estimate of drug-likeness (QED) is 0.614. The number of carbonyl (C=O) groups is 2. The Hall–Kier alpha value is -2.13. The van der Waals surface area contributed by atoms with Gasteiger partial charge in [0.1, 0.15) is 5.75 Å². The number of anilines is 1. The normalized spacial score (nSPS) is 10.1. The van der Waals surface area contributed by atoms with E-state index in [1.54, 1.807) is 24.3 Å². The number of thioether (sulfide) groups is 1. The van der Waals surface area contributed by atoms with Crippen LogP contribution in [-0.2, 0) is 4.79 Å². The molecule has 2 aromatic rings. The molecule has 0 aliphatic heterocycles. The molecule has 1 amide bonds. The van der Waals surface area contributed by atoms with Crippen molar-refractivity contribution in [3.8, 4) is 5.75 Å². The number of amides is 1. The maximum absolute atomic E-state index is 12.0. The number of rotatable bonds is 6. The minimum atomic E-state index is -1.18. The van der Waals surface area contributed by atoms with Crippen LogP contribution in [0.4, 0.5) is 5.13 Å². The highest BCUT2D eigenvalue weighted by molar-refractivity contribution is 8.01. The average Bonchev–Trinajstić information content (AvgIpc) is 2.92. The first kappa shape index (κ1) is 15.3. The van der Waals surface area contributed by atoms with Crippen LogP contribution in [0.3, 0.4) is 0 Å². The molecule has 21 heavy (non-hydrogen) atoms. The molecule has 9 heteroatoms. The van der Waals surface area contributed by atoms with Crippen LogP contribution in [0.1, 0.15) is 10.4 Å². The molecule has 1 heterocycles. The number of carboxylic acid groups (broad SMARTS) is 1. The van der Waals surface area contributed by atoms with Gasteiger partial charge in [0.25, 0.3) is 5.91 Å². The smallest absolute Gasteiger partial charge is 0.257 e. The number of benzene rings is 1. The molecule has 0 atom stereocenters. The van der Waals surface area contributed by atoms with E-state index in [2.05, 4.69) is 15.5 Å². The lowest BCUT2D eigenvalue weighted by atomic mass is 10.2. The fraction of sp³-hybridized carbons (Fsp3) is 0.167. The summed E-state index contributed by atoms with van der Waals surface area (Å²) in [7, 11) is 1.52. The van der Waals surface area contributed by atoms with Gasteiger partial charge in [0.15, 0.2) is 4.34 Å². The number of hydrogen-bond donors (Lipinski definition) is 1. The number of nitrogens with zero attached hydrogens (tertiary/aromatic N) is 2. The highest BCUT2D eigenvalue weighted by Gasteiger charge is 2.11. The van der Waals surface area contributed by atoms with Crippen LogP contribution in [0.2, 0.25) is 0 Å². The average molecular weight is 324 g/mol. The second-order valence-corrected chi connectivity index (χ2v) is 5.92. The third kappa shape index (κ3) is 4.43. The second kappa shape index (κ2) is 7.04. The lowest BCUT2D eigenvalue weighted by Gasteiger charge is -2.03. The van der Waals surface area contributed by atoms with Gasteiger partial charge in [-0.25, -0.2) is 0 Å². The topological polar surface area (TPSA) is 104 Å². The van der Waals surface area contributed by atoms with Crippen LogP contribution in [-0.4, -0.2) is 34.9 Å². The van der Waals surface area contributed by atoms with E-state index in [-0.39, 0.29) is 11.7 Å². The lowest BCUT2D eigenvalue weighted by molar-refractivity contribution is -0.301. The summed E-state index contributed by atoms with van der Waals surface area (Å²) in [6.07, 6.45) is 0. The van der Waals surface area contributed by atoms with Crippen LogP contribution in [0.25, 0.3) is 0 Å². The van der Waals surface area contributed by atoms with E-state index in [4.69, 9.17) is 4.74 Å². The maximum Gasteiger partial charge on any atom is 0.257 e. The molecule has 0 radical (unpaired) electrons. The van der Waals surface area contributed by atoms with Gasteiger partial charge in [0, 0.05) is 11.3 Å². The number of hydrogen-bond acceptors (Lipinski definition) is 8. The minimum Gasteiger partial charge on any atom is -0.549 e. The van der Waals surface area contributed by atoms with Crippen molar-refractivity contribution < 1.29 is 19.4 Å². The van der Waals surface area contributed by atoms with Crippen molar-refractivity contribution in [1.82, 2.24) is 10.2 Å². The van der Waals surface area contributed by atoms with E-state index in [0.29, 0.717) is 20.8 Å². The molecule has 110 valence electrons. The number of carboxylic acids is 1. The molecule has 7 nitrogen and oxygen atoms in total. The van der Waals surface area contributed by atoms with Crippen molar-refractivity contribution in [2.45, 2.75) is 4.34 Å². The Morgan fingerprint density at radius 2 is 2.24 bits per heavy atom. The summed E-state index contributed by atoms with van der Waals surface area (Å²) in [5.74, 6) is -1.16. The number of methoxy groups -OCH3 is 1. The standard InChI is InChI=1S/C12H11N3O4S2/c1-19-8-4-2-3-7(5-8)10(18)13-11-14-15-12(21-11)20-6-9(16)17/h2-5H,6H2,1H3,(H,16,17)(H,13,14,18)/p-1. The van der Waals surface area contributed by atoms with Crippen molar-refractivity contribution in [3.63, 3.8) is 0 Å². The van der Waals surface area contributed by atoms with E-state index >= 15 is 0 Å². The number of carbonyl (C=O) groups excluding carboxylic acids is 2. The van der Waals surface area contributed by atoms with E-state index in [1.165, 1.54) is 7.11 Å². The number of ether oxygens (including phenoxy) is 1. The van der Waals surface area contributed by atoms with Gasteiger partial charge < -0.3 is 14.6 Å². The van der Waals surface area contributed by atoms with Crippen LogP contribution in [0, 0.1) is 0 Å². The molecule has 0 saturated carbocycles. The fourth-order valence-corrected chi connectivity index (χ4v) is 2.83. The van der Waals surface area contributed by atoms with Crippen molar-refractivity contribution in [2.75, 3.05) is 18.2 Å². The van der Waals surface area contributed by atoms with Gasteiger partial charge in [0.2, 0.25) is 5.13 Å².